The molecule has 278 valence electrons. The maximum Gasteiger partial charge on any atom is 1.00 e. The molecule has 0 radical (unpaired) electrons. The number of fused-ring (bicyclic) bond motifs is 4. The molecule has 6 aromatic rings. The minimum absolute atomic E-state index is 0. The van der Waals surface area contributed by atoms with Gasteiger partial charge in [-0.25, -0.2) is 0 Å². The Morgan fingerprint density at radius 3 is 1.76 bits per heavy atom. The van der Waals surface area contributed by atoms with E-state index in [0.717, 1.165) is 48.1 Å². The van der Waals surface area contributed by atoms with Crippen molar-refractivity contribution in [2.75, 3.05) is 29.1 Å². The van der Waals surface area contributed by atoms with E-state index in [2.05, 4.69) is 25.9 Å². The maximum absolute atomic E-state index is 12.6. The first-order valence-corrected chi connectivity index (χ1v) is 17.3. The Morgan fingerprint density at radius 1 is 0.745 bits per heavy atom. The van der Waals surface area contributed by atoms with Crippen molar-refractivity contribution in [3.8, 4) is 0 Å². The average Bonchev–Trinajstić information content (AvgIpc) is 3.84. The van der Waals surface area contributed by atoms with E-state index in [1.807, 2.05) is 54.6 Å². The molecule has 55 heavy (non-hydrogen) atoms. The molecule has 1 aliphatic carbocycles. The smallest absolute Gasteiger partial charge is 0.553 e. The Morgan fingerprint density at radius 2 is 1.24 bits per heavy atom. The molecular weight excluding hydrogens is 711 g/mol. The molecule has 2 aliphatic rings. The number of aliphatic hydroxyl groups is 1. The average molecular weight is 753 g/mol. The zero-order valence-corrected chi connectivity index (χ0v) is 32.8. The Bertz CT molecular complexity index is 2450. The van der Waals surface area contributed by atoms with Crippen molar-refractivity contribution in [2.45, 2.75) is 39.0 Å². The minimum Gasteiger partial charge on any atom is -0.553 e. The van der Waals surface area contributed by atoms with Crippen LogP contribution in [0.25, 0.3) is 27.7 Å². The summed E-state index contributed by atoms with van der Waals surface area (Å²) in [5.74, 6) is 3.91. The molecule has 4 aromatic carbocycles. The number of nitrogens with one attached hydrogen (secondary N) is 6. The van der Waals surface area contributed by atoms with Crippen LogP contribution < -0.4 is 56.4 Å². The molecule has 1 atom stereocenters. The predicted octanol–water partition coefficient (Wildman–Crippen LogP) is 3.58. The number of aromatic amines is 2. The van der Waals surface area contributed by atoms with Gasteiger partial charge in [0.2, 0.25) is 10.9 Å². The van der Waals surface area contributed by atoms with Crippen LogP contribution in [0.5, 0.6) is 0 Å². The van der Waals surface area contributed by atoms with Crippen molar-refractivity contribution < 1.29 is 54.3 Å². The summed E-state index contributed by atoms with van der Waals surface area (Å²) in [5, 5.41) is 23.7. The molecule has 14 heteroatoms. The van der Waals surface area contributed by atoms with Crippen molar-refractivity contribution in [1.82, 2.24) is 9.97 Å². The van der Waals surface area contributed by atoms with Crippen LogP contribution in [0.4, 0.5) is 17.1 Å². The van der Waals surface area contributed by atoms with Crippen LogP contribution in [0.3, 0.4) is 0 Å². The number of ketones is 1. The third kappa shape index (κ3) is 9.83. The van der Waals surface area contributed by atoms with E-state index in [-0.39, 0.29) is 69.8 Å². The van der Waals surface area contributed by atoms with Crippen molar-refractivity contribution in [1.29, 1.82) is 0 Å². The van der Waals surface area contributed by atoms with Gasteiger partial charge in [-0.15, -0.1) is 0 Å². The molecule has 0 bridgehead atoms. The third-order valence-corrected chi connectivity index (χ3v) is 9.12. The number of amides is 2. The van der Waals surface area contributed by atoms with Crippen molar-refractivity contribution >= 4 is 56.5 Å². The van der Waals surface area contributed by atoms with Crippen LogP contribution in [0, 0.1) is 0 Å². The number of para-hydroxylation sites is 2. The summed E-state index contributed by atoms with van der Waals surface area (Å²) in [6.45, 7) is 4.44. The first-order valence-electron chi connectivity index (χ1n) is 17.3. The quantitative estimate of drug-likeness (QED) is 0.102. The molecule has 8 rings (SSSR count). The summed E-state index contributed by atoms with van der Waals surface area (Å²) >= 11 is 0. The van der Waals surface area contributed by atoms with Gasteiger partial charge in [0.1, 0.15) is 16.9 Å². The van der Waals surface area contributed by atoms with Gasteiger partial charge in [-0.1, -0.05) is 36.4 Å². The zero-order valence-electron chi connectivity index (χ0n) is 30.8. The fraction of sp³-hybridized carbons (Fsp3) is 0.195. The monoisotopic (exact) mass is 752 g/mol. The minimum atomic E-state index is -0.464. The van der Waals surface area contributed by atoms with E-state index in [1.165, 1.54) is 18.0 Å². The summed E-state index contributed by atoms with van der Waals surface area (Å²) in [6.07, 6.45) is 5.58. The van der Waals surface area contributed by atoms with E-state index >= 15 is 0 Å². The van der Waals surface area contributed by atoms with Crippen LogP contribution in [0.1, 0.15) is 63.6 Å². The first-order chi connectivity index (χ1) is 26.2. The third-order valence-electron chi connectivity index (χ3n) is 9.12. The molecule has 2 aromatic heterocycles. The number of aromatic nitrogens is 2. The number of aliphatic hydroxyl groups excluding tert-OH is 1. The topological polar surface area (TPSA) is 217 Å². The van der Waals surface area contributed by atoms with E-state index < -0.39 is 11.8 Å². The zero-order chi connectivity index (χ0) is 38.8. The Kier molecular flexibility index (Phi) is 15.2. The molecule has 0 saturated carbocycles. The van der Waals surface area contributed by atoms with Gasteiger partial charge in [0.15, 0.2) is 0 Å². The Balaban J connectivity index is 0.000000217. The summed E-state index contributed by atoms with van der Waals surface area (Å²) in [6, 6.07) is 25.6. The van der Waals surface area contributed by atoms with Crippen molar-refractivity contribution in [2.24, 2.45) is 0 Å². The van der Waals surface area contributed by atoms with Gasteiger partial charge in [0, 0.05) is 70.3 Å². The molecular formula is C41H41N6NaO7. The van der Waals surface area contributed by atoms with Gasteiger partial charge in [-0.3, -0.25) is 24.0 Å². The molecule has 1 unspecified atom stereocenters. The predicted molar refractivity (Wildman–Crippen MR) is 211 cm³/mol. The van der Waals surface area contributed by atoms with Crippen LogP contribution >= 0.6 is 0 Å². The van der Waals surface area contributed by atoms with E-state index in [0.29, 0.717) is 27.7 Å². The van der Waals surface area contributed by atoms with Gasteiger partial charge in [0.25, 0.3) is 11.8 Å². The first kappa shape index (κ1) is 42.3. The SMILES string of the molecule is CC(=O)C1CCc2ccc(NC(=O)c3c[nH]c4ccccc4c3=O)cc21.CCO.O=C(Nc1ccc2c(c1)NCC2)c1c[nH]c2ccccc2c1=O.[NH-]O.[Na+]. The van der Waals surface area contributed by atoms with Crippen LogP contribution in [-0.4, -0.2) is 51.0 Å². The van der Waals surface area contributed by atoms with Gasteiger partial charge in [-0.05, 0) is 98.3 Å². The molecule has 1 aliphatic heterocycles. The fourth-order valence-corrected chi connectivity index (χ4v) is 6.54. The second kappa shape index (κ2) is 19.8. The largest absolute Gasteiger partial charge is 1.00 e. The van der Waals surface area contributed by atoms with E-state index in [9.17, 15) is 24.0 Å². The number of carbonyl (C=O) groups is 3. The molecule has 0 fully saturated rings. The molecule has 0 saturated heterocycles. The second-order valence-corrected chi connectivity index (χ2v) is 12.5. The summed E-state index contributed by atoms with van der Waals surface area (Å²) in [5.41, 5.74) is 6.67. The van der Waals surface area contributed by atoms with Crippen molar-refractivity contribution in [3.05, 3.63) is 151 Å². The number of benzene rings is 4. The Hall–Kier alpha value is -5.41. The number of hydrogen-bond donors (Lipinski definition) is 7. The summed E-state index contributed by atoms with van der Waals surface area (Å²) in [7, 11) is 0. The van der Waals surface area contributed by atoms with Crippen LogP contribution in [0.15, 0.2) is 107 Å². The molecule has 0 spiro atoms. The van der Waals surface area contributed by atoms with Gasteiger partial charge in [0.05, 0.1) is 0 Å². The van der Waals surface area contributed by atoms with E-state index in [4.69, 9.17) is 16.2 Å². The number of aryl methyl sites for hydroxylation is 1. The van der Waals surface area contributed by atoms with Gasteiger partial charge >= 0.3 is 29.6 Å². The van der Waals surface area contributed by atoms with E-state index in [1.54, 1.807) is 44.2 Å². The number of anilines is 3. The number of Topliss-reactive ketones (excluding diaryl/α,β-unsaturated/α-hetero) is 1. The van der Waals surface area contributed by atoms with Crippen LogP contribution in [0.2, 0.25) is 0 Å². The molecule has 8 N–H and O–H groups in total. The molecule has 13 nitrogen and oxygen atoms in total. The number of H-pyrrole nitrogens is 2. The normalized spacial score (nSPS) is 13.1. The molecule has 2 amide bonds. The number of pyridine rings is 2. The standard InChI is InChI=1S/C21H18N2O3.C18H15N3O2.C2H6O.H2NO.Na/c1-12(24)15-9-7-13-6-8-14(10-17(13)15)23-21(26)18-11-22-19-5-3-2-4-16(19)20(18)25;22-17-13-3-1-2-4-15(13)20-10-14(17)18(23)21-12-6-5-11-7-8-19-16(11)9-12;1-2-3;1-2;/h2-6,8,10-11,15H,7,9H2,1H3,(H,22,25)(H,23,26);1-6,9-10,19H,7-8H2,(H,20,22)(H,21,23);3H,2H2,1H3;1-2H;/q;;;-1;+1. The fourth-order valence-electron chi connectivity index (χ4n) is 6.54. The summed E-state index contributed by atoms with van der Waals surface area (Å²) in [4.78, 5) is 67.8. The molecule has 3 heterocycles. The van der Waals surface area contributed by atoms with Crippen LogP contribution in [-0.2, 0) is 17.6 Å². The summed E-state index contributed by atoms with van der Waals surface area (Å²) < 4.78 is 0. The van der Waals surface area contributed by atoms with Crippen molar-refractivity contribution in [3.63, 3.8) is 0 Å². The Labute approximate surface area is 338 Å². The van der Waals surface area contributed by atoms with Gasteiger partial charge in [-0.2, -0.15) is 0 Å². The second-order valence-electron chi connectivity index (χ2n) is 12.5. The number of hydrogen-bond acceptors (Lipinski definition) is 8. The van der Waals surface area contributed by atoms with Gasteiger partial charge < -0.3 is 42.1 Å². The number of rotatable bonds is 5. The maximum atomic E-state index is 12.6. The number of carbonyl (C=O) groups excluding carboxylic acids is 3.